The number of morpholine rings is 1. The summed E-state index contributed by atoms with van der Waals surface area (Å²) >= 11 is 0. The van der Waals surface area contributed by atoms with Gasteiger partial charge in [-0.3, -0.25) is 14.5 Å². The van der Waals surface area contributed by atoms with Crippen LogP contribution in [0.25, 0.3) is 0 Å². The van der Waals surface area contributed by atoms with Crippen molar-refractivity contribution in [1.82, 2.24) is 15.5 Å². The van der Waals surface area contributed by atoms with Gasteiger partial charge in [0.25, 0.3) is 0 Å². The smallest absolute Gasteiger partial charge is 0.237 e. The predicted octanol–water partition coefficient (Wildman–Crippen LogP) is 0.807. The summed E-state index contributed by atoms with van der Waals surface area (Å²) in [4.78, 5) is 26.9. The minimum Gasteiger partial charge on any atom is -0.379 e. The van der Waals surface area contributed by atoms with Gasteiger partial charge in [-0.1, -0.05) is 20.8 Å². The minimum atomic E-state index is -0.372. The van der Waals surface area contributed by atoms with E-state index in [1.165, 1.54) is 0 Å². The molecule has 0 bridgehead atoms. The average molecular weight is 327 g/mol. The molecule has 1 aliphatic rings. The Morgan fingerprint density at radius 2 is 1.87 bits per heavy atom. The number of rotatable bonds is 10. The summed E-state index contributed by atoms with van der Waals surface area (Å²) in [6, 6.07) is -0.635. The zero-order chi connectivity index (χ0) is 17.2. The van der Waals surface area contributed by atoms with E-state index in [1.54, 1.807) is 7.05 Å². The maximum absolute atomic E-state index is 12.4. The van der Waals surface area contributed by atoms with Gasteiger partial charge in [0.1, 0.15) is 0 Å². The molecule has 2 N–H and O–H groups in total. The number of likely N-dealkylation sites (N-methyl/N-ethyl adjacent to an activating group) is 1. The lowest BCUT2D eigenvalue weighted by atomic mass is 10.0. The topological polar surface area (TPSA) is 70.7 Å². The van der Waals surface area contributed by atoms with Gasteiger partial charge in [-0.25, -0.2) is 0 Å². The summed E-state index contributed by atoms with van der Waals surface area (Å²) in [5.74, 6) is 0.213. The lowest BCUT2D eigenvalue weighted by Crippen LogP contribution is -2.51. The van der Waals surface area contributed by atoms with Crippen LogP contribution in [0.3, 0.4) is 0 Å². The molecule has 134 valence electrons. The van der Waals surface area contributed by atoms with Gasteiger partial charge >= 0.3 is 0 Å². The molecule has 1 amide bonds. The summed E-state index contributed by atoms with van der Waals surface area (Å²) in [5, 5.41) is 5.97. The van der Waals surface area contributed by atoms with Gasteiger partial charge in [0.2, 0.25) is 5.91 Å². The van der Waals surface area contributed by atoms with Crippen LogP contribution < -0.4 is 10.6 Å². The Bertz CT molecular complexity index is 368. The Morgan fingerprint density at radius 1 is 1.22 bits per heavy atom. The number of amides is 1. The highest BCUT2D eigenvalue weighted by Gasteiger charge is 2.25. The molecule has 0 radical (unpaired) electrons. The van der Waals surface area contributed by atoms with Crippen LogP contribution in [0, 0.1) is 5.92 Å². The molecule has 1 heterocycles. The van der Waals surface area contributed by atoms with Crippen LogP contribution in [-0.4, -0.2) is 68.6 Å². The van der Waals surface area contributed by atoms with Gasteiger partial charge in [-0.15, -0.1) is 0 Å². The highest BCUT2D eigenvalue weighted by Crippen LogP contribution is 2.07. The molecule has 1 fully saturated rings. The van der Waals surface area contributed by atoms with E-state index in [0.717, 1.165) is 39.3 Å². The molecule has 6 heteroatoms. The minimum absolute atomic E-state index is 0.0827. The van der Waals surface area contributed by atoms with E-state index in [4.69, 9.17) is 4.74 Å². The van der Waals surface area contributed by atoms with Crippen LogP contribution in [0.15, 0.2) is 0 Å². The highest BCUT2D eigenvalue weighted by atomic mass is 16.5. The molecule has 0 unspecified atom stereocenters. The third kappa shape index (κ3) is 6.97. The number of nitrogens with one attached hydrogen (secondary N) is 2. The Labute approximate surface area is 140 Å². The highest BCUT2D eigenvalue weighted by molar-refractivity contribution is 5.90. The Morgan fingerprint density at radius 3 is 2.39 bits per heavy atom. The first kappa shape index (κ1) is 20.1. The Balaban J connectivity index is 2.48. The molecule has 0 aromatic rings. The summed E-state index contributed by atoms with van der Waals surface area (Å²) < 4.78 is 5.34. The first-order valence-electron chi connectivity index (χ1n) is 8.80. The van der Waals surface area contributed by atoms with Crippen LogP contribution in [0.4, 0.5) is 0 Å². The number of ketones is 1. The molecule has 0 spiro atoms. The second-order valence-corrected chi connectivity index (χ2v) is 6.49. The molecule has 6 nitrogen and oxygen atoms in total. The van der Waals surface area contributed by atoms with Gasteiger partial charge in [-0.05, 0) is 32.4 Å². The summed E-state index contributed by atoms with van der Waals surface area (Å²) in [7, 11) is 1.78. The fourth-order valence-electron chi connectivity index (χ4n) is 2.93. The molecule has 1 aliphatic heterocycles. The largest absolute Gasteiger partial charge is 0.379 e. The van der Waals surface area contributed by atoms with Crippen molar-refractivity contribution < 1.29 is 14.3 Å². The van der Waals surface area contributed by atoms with Crippen LogP contribution in [0.2, 0.25) is 0 Å². The van der Waals surface area contributed by atoms with E-state index in [2.05, 4.69) is 15.5 Å². The zero-order valence-corrected chi connectivity index (χ0v) is 15.1. The van der Waals surface area contributed by atoms with Crippen LogP contribution in [0.1, 0.15) is 40.0 Å². The Kier molecular flexibility index (Phi) is 9.36. The van der Waals surface area contributed by atoms with Gasteiger partial charge < -0.3 is 15.4 Å². The van der Waals surface area contributed by atoms with E-state index in [9.17, 15) is 9.59 Å². The number of carbonyl (C=O) groups is 2. The molecule has 1 rings (SSSR count). The van der Waals surface area contributed by atoms with E-state index >= 15 is 0 Å². The fourth-order valence-corrected chi connectivity index (χ4v) is 2.93. The van der Waals surface area contributed by atoms with E-state index < -0.39 is 0 Å². The number of Topliss-reactive ketones (excluding diaryl/α,β-unsaturated/α-hetero) is 1. The number of hydrogen-bond acceptors (Lipinski definition) is 5. The second-order valence-electron chi connectivity index (χ2n) is 6.49. The van der Waals surface area contributed by atoms with E-state index in [1.807, 2.05) is 20.8 Å². The van der Waals surface area contributed by atoms with E-state index in [-0.39, 0.29) is 29.7 Å². The van der Waals surface area contributed by atoms with Crippen molar-refractivity contribution in [3.63, 3.8) is 0 Å². The lowest BCUT2D eigenvalue weighted by Gasteiger charge is -2.28. The van der Waals surface area contributed by atoms with Crippen molar-refractivity contribution in [2.45, 2.75) is 52.1 Å². The Hall–Kier alpha value is -0.980. The molecule has 0 aromatic heterocycles. The van der Waals surface area contributed by atoms with Crippen LogP contribution in [0.5, 0.6) is 0 Å². The molecule has 0 saturated carbocycles. The van der Waals surface area contributed by atoms with Crippen molar-refractivity contribution in [2.24, 2.45) is 5.92 Å². The second kappa shape index (κ2) is 10.7. The number of carbonyl (C=O) groups excluding carboxylic acids is 2. The van der Waals surface area contributed by atoms with Crippen molar-refractivity contribution in [2.75, 3.05) is 39.9 Å². The molecule has 0 aromatic carbocycles. The quantitative estimate of drug-likeness (QED) is 0.621. The van der Waals surface area contributed by atoms with Gasteiger partial charge in [0, 0.05) is 19.5 Å². The molecule has 2 atom stereocenters. The average Bonchev–Trinajstić information content (AvgIpc) is 2.54. The van der Waals surface area contributed by atoms with Gasteiger partial charge in [0.15, 0.2) is 5.78 Å². The first-order valence-corrected chi connectivity index (χ1v) is 8.80. The van der Waals surface area contributed by atoms with Crippen molar-refractivity contribution in [3.05, 3.63) is 0 Å². The van der Waals surface area contributed by atoms with Crippen molar-refractivity contribution >= 4 is 11.7 Å². The summed E-state index contributed by atoms with van der Waals surface area (Å²) in [6.07, 6.45) is 2.06. The molecule has 23 heavy (non-hydrogen) atoms. The maximum Gasteiger partial charge on any atom is 0.237 e. The lowest BCUT2D eigenvalue weighted by molar-refractivity contribution is -0.129. The number of ether oxygens (including phenoxy) is 1. The third-order valence-corrected chi connectivity index (χ3v) is 4.38. The molecular formula is C17H33N3O3. The maximum atomic E-state index is 12.4. The van der Waals surface area contributed by atoms with Crippen LogP contribution >= 0.6 is 0 Å². The SMILES string of the molecule is CCC(=O)[C@H](CCCN1CCOCC1)NC(=O)[C@@H](NC)C(C)C. The monoisotopic (exact) mass is 327 g/mol. The summed E-state index contributed by atoms with van der Waals surface area (Å²) in [5.41, 5.74) is 0. The van der Waals surface area contributed by atoms with Gasteiger partial charge in [-0.2, -0.15) is 0 Å². The normalized spacial score (nSPS) is 18.7. The molecular weight excluding hydrogens is 294 g/mol. The molecule has 0 aliphatic carbocycles. The van der Waals surface area contributed by atoms with Crippen molar-refractivity contribution in [3.8, 4) is 0 Å². The fraction of sp³-hybridized carbons (Fsp3) is 0.882. The van der Waals surface area contributed by atoms with Crippen molar-refractivity contribution in [1.29, 1.82) is 0 Å². The predicted molar refractivity (Wildman–Crippen MR) is 91.4 cm³/mol. The van der Waals surface area contributed by atoms with E-state index in [0.29, 0.717) is 12.8 Å². The van der Waals surface area contributed by atoms with Crippen LogP contribution in [-0.2, 0) is 14.3 Å². The third-order valence-electron chi connectivity index (χ3n) is 4.38. The van der Waals surface area contributed by atoms with Gasteiger partial charge in [0.05, 0.1) is 25.3 Å². The number of hydrogen-bond donors (Lipinski definition) is 2. The standard InChI is InChI=1S/C17H33N3O3/c1-5-15(21)14(19-17(22)16(18-4)13(2)3)7-6-8-20-9-11-23-12-10-20/h13-14,16,18H,5-12H2,1-4H3,(H,19,22)/t14-,16-/m0/s1. The first-order chi connectivity index (χ1) is 11.0. The molecule has 1 saturated heterocycles. The summed E-state index contributed by atoms with van der Waals surface area (Å²) in [6.45, 7) is 10.3. The number of nitrogens with zero attached hydrogens (tertiary/aromatic N) is 1. The zero-order valence-electron chi connectivity index (χ0n) is 15.1.